The number of hydrogen-bond acceptors (Lipinski definition) is 3. The van der Waals surface area contributed by atoms with E-state index in [9.17, 15) is 4.79 Å². The van der Waals surface area contributed by atoms with Crippen LogP contribution in [0.15, 0.2) is 0 Å². The van der Waals surface area contributed by atoms with Crippen molar-refractivity contribution in [1.29, 1.82) is 0 Å². The van der Waals surface area contributed by atoms with Gasteiger partial charge in [-0.15, -0.1) is 0 Å². The van der Waals surface area contributed by atoms with E-state index in [1.165, 1.54) is 0 Å². The van der Waals surface area contributed by atoms with Crippen molar-refractivity contribution < 1.29 is 9.53 Å². The average molecular weight is 184 g/mol. The predicted octanol–water partition coefficient (Wildman–Crippen LogP) is -0.358. The lowest BCUT2D eigenvalue weighted by Gasteiger charge is -2.36. The lowest BCUT2D eigenvalue weighted by atomic mass is 9.88. The lowest BCUT2D eigenvalue weighted by molar-refractivity contribution is -0.119. The second-order valence-electron chi connectivity index (χ2n) is 3.90. The number of ether oxygens (including phenoxy) is 1. The minimum absolute atomic E-state index is 0.167. The zero-order chi connectivity index (χ0) is 9.26. The Morgan fingerprint density at radius 1 is 1.46 bits per heavy atom. The smallest absolute Gasteiger partial charge is 0.221 e. The van der Waals surface area contributed by atoms with Crippen LogP contribution in [-0.4, -0.2) is 37.7 Å². The van der Waals surface area contributed by atoms with Gasteiger partial charge in [0.05, 0.1) is 6.10 Å². The number of hydrogen-bond donors (Lipinski definition) is 2. The third-order valence-corrected chi connectivity index (χ3v) is 2.88. The zero-order valence-corrected chi connectivity index (χ0v) is 7.88. The van der Waals surface area contributed by atoms with Gasteiger partial charge in [-0.25, -0.2) is 0 Å². The number of rotatable bonds is 3. The molecule has 0 spiro atoms. The first-order valence-corrected chi connectivity index (χ1v) is 4.83. The first-order valence-electron chi connectivity index (χ1n) is 4.83. The fourth-order valence-corrected chi connectivity index (χ4v) is 1.95. The Bertz CT molecular complexity index is 202. The van der Waals surface area contributed by atoms with E-state index in [2.05, 4.69) is 10.6 Å². The molecule has 1 atom stereocenters. The largest absolute Gasteiger partial charge is 0.381 e. The van der Waals surface area contributed by atoms with Crippen molar-refractivity contribution in [2.24, 2.45) is 0 Å². The molecule has 2 N–H and O–H groups in total. The summed E-state index contributed by atoms with van der Waals surface area (Å²) in [5.41, 5.74) is 0. The molecular weight excluding hydrogens is 168 g/mol. The van der Waals surface area contributed by atoms with Gasteiger partial charge in [0.15, 0.2) is 0 Å². The molecule has 4 nitrogen and oxygen atoms in total. The van der Waals surface area contributed by atoms with E-state index in [1.807, 2.05) is 0 Å². The first kappa shape index (κ1) is 8.97. The maximum atomic E-state index is 10.9. The Kier molecular flexibility index (Phi) is 2.51. The van der Waals surface area contributed by atoms with Gasteiger partial charge in [-0.1, -0.05) is 0 Å². The third kappa shape index (κ3) is 2.00. The van der Waals surface area contributed by atoms with Crippen molar-refractivity contribution in [3.05, 3.63) is 0 Å². The van der Waals surface area contributed by atoms with Gasteiger partial charge in [0.1, 0.15) is 0 Å². The van der Waals surface area contributed by atoms with Crippen molar-refractivity contribution in [2.45, 2.75) is 37.5 Å². The summed E-state index contributed by atoms with van der Waals surface area (Å²) >= 11 is 0. The molecule has 1 saturated heterocycles. The van der Waals surface area contributed by atoms with Crippen molar-refractivity contribution >= 4 is 5.91 Å². The number of amides is 1. The van der Waals surface area contributed by atoms with Crippen LogP contribution in [0.25, 0.3) is 0 Å². The molecule has 1 unspecified atom stereocenters. The molecule has 2 rings (SSSR count). The van der Waals surface area contributed by atoms with Gasteiger partial charge in [0.2, 0.25) is 5.91 Å². The quantitative estimate of drug-likeness (QED) is 0.630. The van der Waals surface area contributed by atoms with E-state index < -0.39 is 0 Å². The Balaban J connectivity index is 1.66. The molecule has 0 aromatic rings. The van der Waals surface area contributed by atoms with Crippen LogP contribution in [-0.2, 0) is 9.53 Å². The Morgan fingerprint density at radius 2 is 2.23 bits per heavy atom. The van der Waals surface area contributed by atoms with Crippen molar-refractivity contribution in [3.63, 3.8) is 0 Å². The second-order valence-corrected chi connectivity index (χ2v) is 3.90. The van der Waals surface area contributed by atoms with E-state index in [0.717, 1.165) is 19.4 Å². The Hall–Kier alpha value is -0.610. The normalized spacial score (nSPS) is 38.5. The van der Waals surface area contributed by atoms with Crippen LogP contribution < -0.4 is 10.6 Å². The zero-order valence-electron chi connectivity index (χ0n) is 7.88. The minimum atomic E-state index is 0.167. The van der Waals surface area contributed by atoms with Crippen molar-refractivity contribution in [1.82, 2.24) is 10.6 Å². The topological polar surface area (TPSA) is 50.4 Å². The summed E-state index contributed by atoms with van der Waals surface area (Å²) in [7, 11) is 1.75. The molecule has 2 fully saturated rings. The van der Waals surface area contributed by atoms with Crippen LogP contribution in [0.2, 0.25) is 0 Å². The molecule has 1 saturated carbocycles. The molecule has 0 aromatic heterocycles. The predicted molar refractivity (Wildman–Crippen MR) is 48.4 cm³/mol. The van der Waals surface area contributed by atoms with Crippen LogP contribution in [0.3, 0.4) is 0 Å². The molecule has 13 heavy (non-hydrogen) atoms. The molecular formula is C9H16N2O2. The van der Waals surface area contributed by atoms with E-state index in [4.69, 9.17) is 4.74 Å². The molecule has 1 heterocycles. The molecule has 0 radical (unpaired) electrons. The molecule has 0 aromatic carbocycles. The highest BCUT2D eigenvalue weighted by molar-refractivity contribution is 5.78. The number of carbonyl (C=O) groups excluding carboxylic acids is 1. The summed E-state index contributed by atoms with van der Waals surface area (Å²) in [4.78, 5) is 10.9. The van der Waals surface area contributed by atoms with Crippen LogP contribution in [0, 0.1) is 0 Å². The molecule has 4 heteroatoms. The van der Waals surface area contributed by atoms with E-state index in [-0.39, 0.29) is 5.91 Å². The van der Waals surface area contributed by atoms with Gasteiger partial charge in [0.25, 0.3) is 0 Å². The van der Waals surface area contributed by atoms with Gasteiger partial charge >= 0.3 is 0 Å². The lowest BCUT2D eigenvalue weighted by Crippen LogP contribution is -2.49. The van der Waals surface area contributed by atoms with Crippen LogP contribution in [0.1, 0.15) is 19.3 Å². The molecule has 1 aliphatic carbocycles. The summed E-state index contributed by atoms with van der Waals surface area (Å²) in [6.45, 7) is 0.785. The number of carbonyl (C=O) groups is 1. The number of methoxy groups -OCH3 is 1. The highest BCUT2D eigenvalue weighted by Gasteiger charge is 2.32. The maximum absolute atomic E-state index is 10.9. The van der Waals surface area contributed by atoms with Crippen LogP contribution in [0.4, 0.5) is 0 Å². The van der Waals surface area contributed by atoms with Gasteiger partial charge in [-0.05, 0) is 12.8 Å². The average Bonchev–Trinajstić information content (AvgIpc) is 2.43. The highest BCUT2D eigenvalue weighted by atomic mass is 16.5. The minimum Gasteiger partial charge on any atom is -0.381 e. The van der Waals surface area contributed by atoms with Gasteiger partial charge < -0.3 is 15.4 Å². The Morgan fingerprint density at radius 3 is 2.77 bits per heavy atom. The highest BCUT2D eigenvalue weighted by Crippen LogP contribution is 2.23. The van der Waals surface area contributed by atoms with E-state index in [1.54, 1.807) is 7.11 Å². The van der Waals surface area contributed by atoms with Crippen LogP contribution in [0.5, 0.6) is 0 Å². The maximum Gasteiger partial charge on any atom is 0.221 e. The Labute approximate surface area is 78.0 Å². The fraction of sp³-hybridized carbons (Fsp3) is 0.889. The molecule has 1 amide bonds. The summed E-state index contributed by atoms with van der Waals surface area (Å²) < 4.78 is 5.18. The van der Waals surface area contributed by atoms with Crippen LogP contribution >= 0.6 is 0 Å². The SMILES string of the molecule is COC1CC(NC2CNC(=O)C2)C1. The molecule has 0 bridgehead atoms. The third-order valence-electron chi connectivity index (χ3n) is 2.88. The van der Waals surface area contributed by atoms with Gasteiger partial charge in [-0.3, -0.25) is 4.79 Å². The number of nitrogens with one attached hydrogen (secondary N) is 2. The first-order chi connectivity index (χ1) is 6.28. The summed E-state index contributed by atoms with van der Waals surface area (Å²) in [5, 5.41) is 6.26. The molecule has 2 aliphatic rings. The standard InChI is InChI=1S/C9H16N2O2/c1-13-8-2-6(3-8)11-7-4-9(12)10-5-7/h6-8,11H,2-5H2,1H3,(H,10,12). The second kappa shape index (κ2) is 3.64. The molecule has 74 valence electrons. The summed E-state index contributed by atoms with van der Waals surface area (Å²) in [6.07, 6.45) is 3.24. The van der Waals surface area contributed by atoms with Crippen molar-refractivity contribution in [2.75, 3.05) is 13.7 Å². The fourth-order valence-electron chi connectivity index (χ4n) is 1.95. The van der Waals surface area contributed by atoms with E-state index in [0.29, 0.717) is 24.6 Å². The monoisotopic (exact) mass is 184 g/mol. The van der Waals surface area contributed by atoms with E-state index >= 15 is 0 Å². The van der Waals surface area contributed by atoms with Gasteiger partial charge in [0, 0.05) is 32.2 Å². The summed E-state index contributed by atoms with van der Waals surface area (Å²) in [6, 6.07) is 0.901. The summed E-state index contributed by atoms with van der Waals surface area (Å²) in [5.74, 6) is 0.167. The molecule has 1 aliphatic heterocycles. The van der Waals surface area contributed by atoms with Crippen molar-refractivity contribution in [3.8, 4) is 0 Å². The van der Waals surface area contributed by atoms with Gasteiger partial charge in [-0.2, -0.15) is 0 Å².